The molecule has 0 aliphatic rings. The third kappa shape index (κ3) is 3.65. The first-order chi connectivity index (χ1) is 9.45. The Morgan fingerprint density at radius 1 is 1.05 bits per heavy atom. The highest BCUT2D eigenvalue weighted by molar-refractivity contribution is 7.80. The molecule has 0 unspecified atom stereocenters. The van der Waals surface area contributed by atoms with Crippen LogP contribution < -0.4 is 10.6 Å². The van der Waals surface area contributed by atoms with Crippen molar-refractivity contribution in [2.75, 3.05) is 10.6 Å². The average Bonchev–Trinajstić information content (AvgIpc) is 2.36. The van der Waals surface area contributed by atoms with Gasteiger partial charge in [-0.3, -0.25) is 0 Å². The summed E-state index contributed by atoms with van der Waals surface area (Å²) in [6, 6.07) is 8.50. The highest BCUT2D eigenvalue weighted by atomic mass is 35.5. The summed E-state index contributed by atoms with van der Waals surface area (Å²) in [5, 5.41) is 6.12. The Morgan fingerprint density at radius 2 is 1.70 bits per heavy atom. The standard InChI is InChI=1S/C14H11ClF2N2S/c1-8-6-10(16)3-5-12(8)18-14(20)19-13-4-2-9(15)7-11(13)17/h2-7H,1H3,(H2,18,19,20). The third-order valence-electron chi connectivity index (χ3n) is 2.62. The van der Waals surface area contributed by atoms with Crippen LogP contribution in [0.4, 0.5) is 20.2 Å². The van der Waals surface area contributed by atoms with Crippen molar-refractivity contribution in [3.05, 3.63) is 58.6 Å². The molecule has 0 saturated heterocycles. The van der Waals surface area contributed by atoms with Crippen LogP contribution in [0.25, 0.3) is 0 Å². The molecule has 0 radical (unpaired) electrons. The van der Waals surface area contributed by atoms with E-state index in [-0.39, 0.29) is 16.6 Å². The number of hydrogen-bond donors (Lipinski definition) is 2. The number of hydrogen-bond acceptors (Lipinski definition) is 1. The van der Waals surface area contributed by atoms with Crippen LogP contribution in [0.2, 0.25) is 5.02 Å². The lowest BCUT2D eigenvalue weighted by Crippen LogP contribution is -2.20. The Bertz CT molecular complexity index is 606. The van der Waals surface area contributed by atoms with Crippen LogP contribution in [0.1, 0.15) is 5.56 Å². The summed E-state index contributed by atoms with van der Waals surface area (Å²) in [6.07, 6.45) is 0. The molecule has 0 aromatic heterocycles. The molecule has 104 valence electrons. The van der Waals surface area contributed by atoms with Gasteiger partial charge in [0.1, 0.15) is 11.6 Å². The fraction of sp³-hybridized carbons (Fsp3) is 0.0714. The minimum Gasteiger partial charge on any atom is -0.332 e. The monoisotopic (exact) mass is 312 g/mol. The van der Waals surface area contributed by atoms with Gasteiger partial charge in [-0.25, -0.2) is 8.78 Å². The quantitative estimate of drug-likeness (QED) is 0.784. The molecule has 2 aromatic carbocycles. The maximum absolute atomic E-state index is 13.6. The highest BCUT2D eigenvalue weighted by Crippen LogP contribution is 2.20. The zero-order chi connectivity index (χ0) is 14.7. The van der Waals surface area contributed by atoms with Gasteiger partial charge in [-0.15, -0.1) is 0 Å². The van der Waals surface area contributed by atoms with Gasteiger partial charge in [-0.2, -0.15) is 0 Å². The summed E-state index contributed by atoms with van der Waals surface area (Å²) in [5.74, 6) is -0.826. The maximum Gasteiger partial charge on any atom is 0.175 e. The van der Waals surface area contributed by atoms with Crippen molar-refractivity contribution < 1.29 is 8.78 Å². The minimum atomic E-state index is -0.502. The molecular weight excluding hydrogens is 302 g/mol. The molecule has 0 aliphatic heterocycles. The van der Waals surface area contributed by atoms with Crippen LogP contribution in [0, 0.1) is 18.6 Å². The molecule has 2 nitrogen and oxygen atoms in total. The van der Waals surface area contributed by atoms with Crippen LogP contribution in [-0.2, 0) is 0 Å². The second-order valence-corrected chi connectivity index (χ2v) is 5.01. The molecule has 0 amide bonds. The molecule has 0 bridgehead atoms. The Balaban J connectivity index is 2.09. The van der Waals surface area contributed by atoms with E-state index in [1.54, 1.807) is 19.1 Å². The van der Waals surface area contributed by atoms with E-state index in [1.807, 2.05) is 0 Å². The lowest BCUT2D eigenvalue weighted by atomic mass is 10.2. The summed E-state index contributed by atoms with van der Waals surface area (Å²) in [5.41, 5.74) is 1.57. The van der Waals surface area contributed by atoms with Gasteiger partial charge in [-0.1, -0.05) is 11.6 Å². The van der Waals surface area contributed by atoms with E-state index < -0.39 is 5.82 Å². The zero-order valence-corrected chi connectivity index (χ0v) is 12.1. The van der Waals surface area contributed by atoms with Gasteiger partial charge in [0.25, 0.3) is 0 Å². The number of nitrogens with one attached hydrogen (secondary N) is 2. The lowest BCUT2D eigenvalue weighted by molar-refractivity contribution is 0.627. The molecule has 20 heavy (non-hydrogen) atoms. The Morgan fingerprint density at radius 3 is 2.35 bits per heavy atom. The summed E-state index contributed by atoms with van der Waals surface area (Å²) >= 11 is 10.8. The van der Waals surface area contributed by atoms with E-state index in [1.165, 1.54) is 24.3 Å². The number of halogens is 3. The number of anilines is 2. The van der Waals surface area contributed by atoms with E-state index in [9.17, 15) is 8.78 Å². The van der Waals surface area contributed by atoms with E-state index in [0.29, 0.717) is 16.3 Å². The van der Waals surface area contributed by atoms with Crippen LogP contribution in [-0.4, -0.2) is 5.11 Å². The first kappa shape index (κ1) is 14.7. The predicted molar refractivity (Wildman–Crippen MR) is 82.4 cm³/mol. The number of benzene rings is 2. The van der Waals surface area contributed by atoms with Crippen LogP contribution >= 0.6 is 23.8 Å². The van der Waals surface area contributed by atoms with Crippen molar-refractivity contribution in [1.29, 1.82) is 0 Å². The Labute approximate surface area is 125 Å². The topological polar surface area (TPSA) is 24.1 Å². The second kappa shape index (κ2) is 6.15. The van der Waals surface area contributed by atoms with Crippen LogP contribution in [0.5, 0.6) is 0 Å². The summed E-state index contributed by atoms with van der Waals surface area (Å²) in [6.45, 7) is 1.75. The van der Waals surface area contributed by atoms with E-state index in [0.717, 1.165) is 0 Å². The predicted octanol–water partition coefficient (Wildman–Crippen LogP) is 4.74. The van der Waals surface area contributed by atoms with E-state index in [2.05, 4.69) is 10.6 Å². The van der Waals surface area contributed by atoms with Gasteiger partial charge in [0.15, 0.2) is 5.11 Å². The van der Waals surface area contributed by atoms with Crippen LogP contribution in [0.15, 0.2) is 36.4 Å². The molecule has 2 rings (SSSR count). The average molecular weight is 313 g/mol. The summed E-state index contributed by atoms with van der Waals surface area (Å²) < 4.78 is 26.6. The minimum absolute atomic E-state index is 0.209. The fourth-order valence-electron chi connectivity index (χ4n) is 1.63. The maximum atomic E-state index is 13.6. The molecular formula is C14H11ClF2N2S. The smallest absolute Gasteiger partial charge is 0.175 e. The Hall–Kier alpha value is -1.72. The fourth-order valence-corrected chi connectivity index (χ4v) is 2.01. The molecule has 0 aliphatic carbocycles. The van der Waals surface area contributed by atoms with Gasteiger partial charge in [0.05, 0.1) is 5.69 Å². The van der Waals surface area contributed by atoms with Crippen molar-refractivity contribution in [2.24, 2.45) is 0 Å². The first-order valence-corrected chi connectivity index (χ1v) is 6.53. The van der Waals surface area contributed by atoms with Crippen molar-refractivity contribution in [2.45, 2.75) is 6.92 Å². The molecule has 2 N–H and O–H groups in total. The molecule has 0 spiro atoms. The first-order valence-electron chi connectivity index (χ1n) is 5.75. The van der Waals surface area contributed by atoms with Gasteiger partial charge in [-0.05, 0) is 61.1 Å². The van der Waals surface area contributed by atoms with Gasteiger partial charge in [0, 0.05) is 10.7 Å². The molecule has 2 aromatic rings. The summed E-state index contributed by atoms with van der Waals surface area (Å²) in [7, 11) is 0. The summed E-state index contributed by atoms with van der Waals surface area (Å²) in [4.78, 5) is 0. The lowest BCUT2D eigenvalue weighted by Gasteiger charge is -2.13. The Kier molecular flexibility index (Phi) is 4.52. The molecule has 0 fully saturated rings. The molecule has 0 heterocycles. The number of rotatable bonds is 2. The number of aryl methyl sites for hydroxylation is 1. The number of thiocarbonyl (C=S) groups is 1. The molecule has 0 saturated carbocycles. The van der Waals surface area contributed by atoms with Crippen molar-refractivity contribution in [1.82, 2.24) is 0 Å². The SMILES string of the molecule is Cc1cc(F)ccc1NC(=S)Nc1ccc(Cl)cc1F. The van der Waals surface area contributed by atoms with E-state index >= 15 is 0 Å². The third-order valence-corrected chi connectivity index (χ3v) is 3.06. The molecule has 6 heteroatoms. The normalized spacial score (nSPS) is 10.2. The van der Waals surface area contributed by atoms with Crippen molar-refractivity contribution in [3.8, 4) is 0 Å². The van der Waals surface area contributed by atoms with Gasteiger partial charge >= 0.3 is 0 Å². The second-order valence-electron chi connectivity index (χ2n) is 4.16. The van der Waals surface area contributed by atoms with E-state index in [4.69, 9.17) is 23.8 Å². The van der Waals surface area contributed by atoms with Gasteiger partial charge in [0.2, 0.25) is 0 Å². The zero-order valence-electron chi connectivity index (χ0n) is 10.5. The highest BCUT2D eigenvalue weighted by Gasteiger charge is 2.06. The van der Waals surface area contributed by atoms with Gasteiger partial charge < -0.3 is 10.6 Å². The largest absolute Gasteiger partial charge is 0.332 e. The molecule has 0 atom stereocenters. The van der Waals surface area contributed by atoms with Crippen LogP contribution in [0.3, 0.4) is 0 Å². The van der Waals surface area contributed by atoms with Crippen molar-refractivity contribution in [3.63, 3.8) is 0 Å². The van der Waals surface area contributed by atoms with Crippen molar-refractivity contribution >= 4 is 40.3 Å².